The number of para-hydroxylation sites is 1. The Morgan fingerprint density at radius 3 is 2.76 bits per heavy atom. The highest BCUT2D eigenvalue weighted by molar-refractivity contribution is 5.85. The van der Waals surface area contributed by atoms with E-state index in [9.17, 15) is 0 Å². The molecule has 1 aliphatic rings. The Labute approximate surface area is 127 Å². The molecule has 0 aliphatic carbocycles. The summed E-state index contributed by atoms with van der Waals surface area (Å²) in [5.74, 6) is 0.707. The Hall–Kier alpha value is -1.32. The smallest absolute Gasteiger partial charge is 0.0483 e. The van der Waals surface area contributed by atoms with E-state index in [-0.39, 0.29) is 0 Å². The molecule has 2 heterocycles. The highest BCUT2D eigenvalue weighted by Crippen LogP contribution is 2.29. The average molecular weight is 285 g/mol. The fourth-order valence-electron chi connectivity index (χ4n) is 3.96. The first kappa shape index (κ1) is 14.6. The van der Waals surface area contributed by atoms with Crippen LogP contribution in [0.1, 0.15) is 31.0 Å². The molecule has 1 aliphatic heterocycles. The first-order chi connectivity index (χ1) is 10.1. The lowest BCUT2D eigenvalue weighted by Gasteiger charge is -2.39. The van der Waals surface area contributed by atoms with Gasteiger partial charge in [0.15, 0.2) is 0 Å². The number of benzene rings is 1. The fraction of sp³-hybridized carbons (Fsp3) is 0.556. The Morgan fingerprint density at radius 2 is 2.05 bits per heavy atom. The van der Waals surface area contributed by atoms with Crippen molar-refractivity contribution in [2.75, 3.05) is 13.1 Å². The maximum absolute atomic E-state index is 6.04. The van der Waals surface area contributed by atoms with E-state index >= 15 is 0 Å². The van der Waals surface area contributed by atoms with Crippen molar-refractivity contribution in [3.63, 3.8) is 0 Å². The molecule has 0 amide bonds. The SMILES string of the molecule is Cc1c(CN2CCCC(C)C2CN)n(C)c2ccccc12. The Balaban J connectivity index is 1.94. The number of rotatable bonds is 3. The molecule has 3 heteroatoms. The lowest BCUT2D eigenvalue weighted by atomic mass is 9.90. The van der Waals surface area contributed by atoms with Gasteiger partial charge in [-0.2, -0.15) is 0 Å². The van der Waals surface area contributed by atoms with Crippen LogP contribution in [0.4, 0.5) is 0 Å². The van der Waals surface area contributed by atoms with Crippen molar-refractivity contribution in [2.45, 2.75) is 39.3 Å². The molecule has 2 unspecified atom stereocenters. The summed E-state index contributed by atoms with van der Waals surface area (Å²) >= 11 is 0. The van der Waals surface area contributed by atoms with Crippen molar-refractivity contribution in [3.05, 3.63) is 35.5 Å². The van der Waals surface area contributed by atoms with Gasteiger partial charge >= 0.3 is 0 Å². The number of aryl methyl sites for hydroxylation is 2. The van der Waals surface area contributed by atoms with Crippen molar-refractivity contribution in [1.29, 1.82) is 0 Å². The van der Waals surface area contributed by atoms with Gasteiger partial charge in [0.25, 0.3) is 0 Å². The second-order valence-corrected chi connectivity index (χ2v) is 6.54. The van der Waals surface area contributed by atoms with Crippen molar-refractivity contribution in [3.8, 4) is 0 Å². The zero-order valence-corrected chi connectivity index (χ0v) is 13.5. The summed E-state index contributed by atoms with van der Waals surface area (Å²) in [5, 5.41) is 1.38. The summed E-state index contributed by atoms with van der Waals surface area (Å²) < 4.78 is 2.36. The second kappa shape index (κ2) is 5.82. The van der Waals surface area contributed by atoms with Gasteiger partial charge in [-0.05, 0) is 43.9 Å². The molecule has 1 aromatic carbocycles. The number of fused-ring (bicyclic) bond motifs is 1. The number of hydrogen-bond donors (Lipinski definition) is 1. The number of nitrogens with zero attached hydrogens (tertiary/aromatic N) is 2. The maximum atomic E-state index is 6.04. The first-order valence-corrected chi connectivity index (χ1v) is 8.10. The number of nitrogens with two attached hydrogens (primary N) is 1. The van der Waals surface area contributed by atoms with Crippen LogP contribution >= 0.6 is 0 Å². The van der Waals surface area contributed by atoms with Crippen LogP contribution in [-0.4, -0.2) is 28.6 Å². The van der Waals surface area contributed by atoms with Crippen LogP contribution < -0.4 is 5.73 Å². The highest BCUT2D eigenvalue weighted by Gasteiger charge is 2.28. The molecule has 0 spiro atoms. The predicted molar refractivity (Wildman–Crippen MR) is 89.3 cm³/mol. The molecule has 3 rings (SSSR count). The number of hydrogen-bond acceptors (Lipinski definition) is 2. The molecular formula is C18H27N3. The van der Waals surface area contributed by atoms with Crippen LogP contribution in [0.2, 0.25) is 0 Å². The quantitative estimate of drug-likeness (QED) is 0.940. The second-order valence-electron chi connectivity index (χ2n) is 6.54. The standard InChI is InChI=1S/C18H27N3/c1-13-7-6-10-21(17(13)11-19)12-18-14(2)15-8-4-5-9-16(15)20(18)3/h4-5,8-9,13,17H,6-7,10-12,19H2,1-3H3. The van der Waals surface area contributed by atoms with E-state index in [0.29, 0.717) is 12.0 Å². The molecule has 0 bridgehead atoms. The molecule has 114 valence electrons. The summed E-state index contributed by atoms with van der Waals surface area (Å²) in [7, 11) is 2.19. The largest absolute Gasteiger partial charge is 0.346 e. The Kier molecular flexibility index (Phi) is 4.05. The lowest BCUT2D eigenvalue weighted by Crippen LogP contribution is -2.48. The summed E-state index contributed by atoms with van der Waals surface area (Å²) in [6, 6.07) is 9.22. The van der Waals surface area contributed by atoms with Gasteiger partial charge in [-0.15, -0.1) is 0 Å². The van der Waals surface area contributed by atoms with Crippen molar-refractivity contribution in [2.24, 2.45) is 18.7 Å². The maximum Gasteiger partial charge on any atom is 0.0483 e. The molecule has 1 aromatic heterocycles. The fourth-order valence-corrected chi connectivity index (χ4v) is 3.96. The van der Waals surface area contributed by atoms with E-state index in [1.807, 2.05) is 0 Å². The number of piperidine rings is 1. The van der Waals surface area contributed by atoms with E-state index in [0.717, 1.165) is 13.1 Å². The minimum atomic E-state index is 0.524. The average Bonchev–Trinajstić information content (AvgIpc) is 2.73. The van der Waals surface area contributed by atoms with Gasteiger partial charge in [-0.25, -0.2) is 0 Å². The van der Waals surface area contributed by atoms with Gasteiger partial charge in [0.2, 0.25) is 0 Å². The van der Waals surface area contributed by atoms with E-state index in [2.05, 4.69) is 54.6 Å². The molecule has 1 fully saturated rings. The minimum absolute atomic E-state index is 0.524. The monoisotopic (exact) mass is 285 g/mol. The first-order valence-electron chi connectivity index (χ1n) is 8.10. The molecule has 0 radical (unpaired) electrons. The Bertz CT molecular complexity index is 590. The van der Waals surface area contributed by atoms with Gasteiger partial charge in [0.1, 0.15) is 0 Å². The van der Waals surface area contributed by atoms with Crippen LogP contribution in [0.5, 0.6) is 0 Å². The molecule has 0 saturated carbocycles. The normalized spacial score (nSPS) is 23.8. The molecule has 2 N–H and O–H groups in total. The van der Waals surface area contributed by atoms with Crippen LogP contribution in [0, 0.1) is 12.8 Å². The minimum Gasteiger partial charge on any atom is -0.346 e. The van der Waals surface area contributed by atoms with E-state index < -0.39 is 0 Å². The van der Waals surface area contributed by atoms with E-state index in [1.54, 1.807) is 0 Å². The summed E-state index contributed by atoms with van der Waals surface area (Å²) in [5.41, 5.74) is 10.2. The molecule has 2 atom stereocenters. The van der Waals surface area contributed by atoms with Gasteiger partial charge in [0.05, 0.1) is 0 Å². The lowest BCUT2D eigenvalue weighted by molar-refractivity contribution is 0.0968. The number of aromatic nitrogens is 1. The third-order valence-electron chi connectivity index (χ3n) is 5.33. The van der Waals surface area contributed by atoms with E-state index in [4.69, 9.17) is 5.73 Å². The molecule has 1 saturated heterocycles. The van der Waals surface area contributed by atoms with Gasteiger partial charge in [-0.1, -0.05) is 25.1 Å². The Morgan fingerprint density at radius 1 is 1.29 bits per heavy atom. The third-order valence-corrected chi connectivity index (χ3v) is 5.33. The predicted octanol–water partition coefficient (Wildman–Crippen LogP) is 3.05. The summed E-state index contributed by atoms with van der Waals surface area (Å²) in [6.45, 7) is 7.56. The zero-order chi connectivity index (χ0) is 15.0. The topological polar surface area (TPSA) is 34.2 Å². The van der Waals surface area contributed by atoms with Gasteiger partial charge < -0.3 is 10.3 Å². The van der Waals surface area contributed by atoms with Crippen LogP contribution in [0.25, 0.3) is 10.9 Å². The van der Waals surface area contributed by atoms with Crippen molar-refractivity contribution < 1.29 is 0 Å². The van der Waals surface area contributed by atoms with Crippen molar-refractivity contribution >= 4 is 10.9 Å². The molecule has 3 nitrogen and oxygen atoms in total. The van der Waals surface area contributed by atoms with E-state index in [1.165, 1.54) is 41.5 Å². The van der Waals surface area contributed by atoms with Crippen LogP contribution in [0.15, 0.2) is 24.3 Å². The summed E-state index contributed by atoms with van der Waals surface area (Å²) in [6.07, 6.45) is 2.60. The molecular weight excluding hydrogens is 258 g/mol. The zero-order valence-electron chi connectivity index (χ0n) is 13.5. The van der Waals surface area contributed by atoms with Crippen molar-refractivity contribution in [1.82, 2.24) is 9.47 Å². The molecule has 2 aromatic rings. The summed E-state index contributed by atoms with van der Waals surface area (Å²) in [4.78, 5) is 2.59. The van der Waals surface area contributed by atoms with Gasteiger partial charge in [-0.3, -0.25) is 4.90 Å². The van der Waals surface area contributed by atoms with Crippen LogP contribution in [-0.2, 0) is 13.6 Å². The van der Waals surface area contributed by atoms with Gasteiger partial charge in [0, 0.05) is 42.8 Å². The number of likely N-dealkylation sites (tertiary alicyclic amines) is 1. The highest BCUT2D eigenvalue weighted by atomic mass is 15.2. The third kappa shape index (κ3) is 2.49. The molecule has 21 heavy (non-hydrogen) atoms. The van der Waals surface area contributed by atoms with Crippen LogP contribution in [0.3, 0.4) is 0 Å².